The summed E-state index contributed by atoms with van der Waals surface area (Å²) < 4.78 is 8.14. The van der Waals surface area contributed by atoms with Crippen LogP contribution in [-0.4, -0.2) is 22.3 Å². The zero-order valence-electron chi connectivity index (χ0n) is 11.8. The van der Waals surface area contributed by atoms with Crippen LogP contribution in [0.4, 0.5) is 11.4 Å². The Bertz CT molecular complexity index is 726. The van der Waals surface area contributed by atoms with E-state index in [9.17, 15) is 4.79 Å². The molecule has 0 unspecified atom stereocenters. The highest BCUT2D eigenvalue weighted by Crippen LogP contribution is 2.35. The van der Waals surface area contributed by atoms with E-state index in [1.54, 1.807) is 27.8 Å². The van der Waals surface area contributed by atoms with Crippen molar-refractivity contribution < 1.29 is 9.53 Å². The number of nitrogens with two attached hydrogens (primary N) is 1. The van der Waals surface area contributed by atoms with Crippen molar-refractivity contribution in [3.63, 3.8) is 0 Å². The third-order valence-corrected chi connectivity index (χ3v) is 4.53. The zero-order valence-corrected chi connectivity index (χ0v) is 13.3. The summed E-state index contributed by atoms with van der Waals surface area (Å²) in [4.78, 5) is 13.9. The zero-order chi connectivity index (χ0) is 15.1. The molecule has 0 bridgehead atoms. The average molecular weight is 351 g/mol. The summed E-state index contributed by atoms with van der Waals surface area (Å²) in [5, 5.41) is 4.35. The van der Waals surface area contributed by atoms with E-state index in [1.807, 2.05) is 14.0 Å². The van der Waals surface area contributed by atoms with Crippen molar-refractivity contribution in [2.45, 2.75) is 13.5 Å². The van der Waals surface area contributed by atoms with Crippen LogP contribution in [0.15, 0.2) is 22.7 Å². The lowest BCUT2D eigenvalue weighted by atomic mass is 10.2. The largest absolute Gasteiger partial charge is 0.481 e. The van der Waals surface area contributed by atoms with Gasteiger partial charge in [-0.3, -0.25) is 14.4 Å². The number of fused-ring (bicyclic) bond motifs is 1. The lowest BCUT2D eigenvalue weighted by molar-refractivity contribution is -0.121. The second-order valence-electron chi connectivity index (χ2n) is 4.97. The minimum Gasteiger partial charge on any atom is -0.481 e. The Balaban J connectivity index is 2.01. The SMILES string of the molecule is Cc1nn(C)c(CN2C(=O)COc3cc(N)ccc32)c1Br. The first-order valence-corrected chi connectivity index (χ1v) is 7.27. The van der Waals surface area contributed by atoms with Crippen molar-refractivity contribution in [1.29, 1.82) is 0 Å². The molecule has 1 amide bonds. The molecule has 0 radical (unpaired) electrons. The van der Waals surface area contributed by atoms with Crippen molar-refractivity contribution in [3.05, 3.63) is 34.1 Å². The number of ether oxygens (including phenoxy) is 1. The molecule has 0 aliphatic carbocycles. The number of carbonyl (C=O) groups is 1. The van der Waals surface area contributed by atoms with E-state index in [0.717, 1.165) is 21.5 Å². The molecule has 1 aliphatic rings. The first kappa shape index (κ1) is 13.9. The molecular weight excluding hydrogens is 336 g/mol. The number of rotatable bonds is 2. The molecule has 2 aromatic rings. The minimum atomic E-state index is -0.0852. The summed E-state index contributed by atoms with van der Waals surface area (Å²) >= 11 is 3.53. The van der Waals surface area contributed by atoms with Gasteiger partial charge in [-0.2, -0.15) is 5.10 Å². The van der Waals surface area contributed by atoms with Crippen molar-refractivity contribution in [2.75, 3.05) is 17.2 Å². The van der Waals surface area contributed by atoms with E-state index in [1.165, 1.54) is 0 Å². The van der Waals surface area contributed by atoms with Crippen molar-refractivity contribution in [3.8, 4) is 5.75 Å². The van der Waals surface area contributed by atoms with Gasteiger partial charge in [0.2, 0.25) is 0 Å². The Hall–Kier alpha value is -2.02. The van der Waals surface area contributed by atoms with Gasteiger partial charge in [-0.1, -0.05) is 0 Å². The summed E-state index contributed by atoms with van der Waals surface area (Å²) in [5.74, 6) is 0.544. The molecule has 2 N–H and O–H groups in total. The fraction of sp³-hybridized carbons (Fsp3) is 0.286. The van der Waals surface area contributed by atoms with Gasteiger partial charge in [-0.15, -0.1) is 0 Å². The topological polar surface area (TPSA) is 73.4 Å². The lowest BCUT2D eigenvalue weighted by Gasteiger charge is -2.29. The molecule has 1 aromatic heterocycles. The number of anilines is 2. The molecule has 2 heterocycles. The molecule has 6 nitrogen and oxygen atoms in total. The number of aromatic nitrogens is 2. The van der Waals surface area contributed by atoms with E-state index in [-0.39, 0.29) is 12.5 Å². The average Bonchev–Trinajstić information content (AvgIpc) is 2.68. The quantitative estimate of drug-likeness (QED) is 0.840. The van der Waals surface area contributed by atoms with Crippen LogP contribution < -0.4 is 15.4 Å². The van der Waals surface area contributed by atoms with Gasteiger partial charge >= 0.3 is 0 Å². The van der Waals surface area contributed by atoms with Crippen LogP contribution in [0, 0.1) is 6.92 Å². The highest BCUT2D eigenvalue weighted by atomic mass is 79.9. The summed E-state index contributed by atoms with van der Waals surface area (Å²) in [6.45, 7) is 2.37. The number of benzene rings is 1. The maximum absolute atomic E-state index is 12.2. The van der Waals surface area contributed by atoms with Crippen LogP contribution in [0.1, 0.15) is 11.4 Å². The number of nitrogen functional groups attached to an aromatic ring is 1. The van der Waals surface area contributed by atoms with E-state index < -0.39 is 0 Å². The predicted octanol–water partition coefficient (Wildman–Crippen LogP) is 2.00. The molecule has 0 saturated carbocycles. The first-order valence-electron chi connectivity index (χ1n) is 6.48. The number of amides is 1. The second kappa shape index (κ2) is 5.07. The van der Waals surface area contributed by atoms with E-state index >= 15 is 0 Å². The third kappa shape index (κ3) is 2.37. The van der Waals surface area contributed by atoms with Gasteiger partial charge in [0.05, 0.1) is 28.1 Å². The monoisotopic (exact) mass is 350 g/mol. The fourth-order valence-electron chi connectivity index (χ4n) is 2.40. The predicted molar refractivity (Wildman–Crippen MR) is 83.2 cm³/mol. The molecule has 110 valence electrons. The number of aryl methyl sites for hydroxylation is 2. The minimum absolute atomic E-state index is 0.0188. The second-order valence-corrected chi connectivity index (χ2v) is 5.76. The van der Waals surface area contributed by atoms with Crippen molar-refractivity contribution in [1.82, 2.24) is 9.78 Å². The first-order chi connectivity index (χ1) is 9.97. The van der Waals surface area contributed by atoms with Gasteiger partial charge < -0.3 is 10.5 Å². The Morgan fingerprint density at radius 3 is 2.90 bits per heavy atom. The van der Waals surface area contributed by atoms with Crippen molar-refractivity contribution in [2.24, 2.45) is 7.05 Å². The van der Waals surface area contributed by atoms with Gasteiger partial charge in [0.15, 0.2) is 6.61 Å². The molecule has 1 aliphatic heterocycles. The van der Waals surface area contributed by atoms with Gasteiger partial charge in [0, 0.05) is 18.8 Å². The molecule has 3 rings (SSSR count). The number of carbonyl (C=O) groups excluding carboxylic acids is 1. The lowest BCUT2D eigenvalue weighted by Crippen LogP contribution is -2.38. The Kier molecular flexibility index (Phi) is 3.36. The highest BCUT2D eigenvalue weighted by molar-refractivity contribution is 9.10. The number of hydrogen-bond donors (Lipinski definition) is 1. The Morgan fingerprint density at radius 1 is 1.48 bits per heavy atom. The summed E-state index contributed by atoms with van der Waals surface area (Å²) in [5.41, 5.74) is 8.93. The number of nitrogens with zero attached hydrogens (tertiary/aromatic N) is 3. The van der Waals surface area contributed by atoms with Gasteiger partial charge in [-0.05, 0) is 35.0 Å². The fourth-order valence-corrected chi connectivity index (χ4v) is 2.86. The standard InChI is InChI=1S/C14H15BrN4O2/c1-8-14(15)11(18(2)17-8)6-19-10-4-3-9(16)5-12(10)21-7-13(19)20/h3-5H,6-7,16H2,1-2H3. The molecule has 0 fully saturated rings. The molecule has 0 spiro atoms. The van der Waals surface area contributed by atoms with Crippen molar-refractivity contribution >= 4 is 33.2 Å². The molecule has 7 heteroatoms. The highest BCUT2D eigenvalue weighted by Gasteiger charge is 2.27. The summed E-state index contributed by atoms with van der Waals surface area (Å²) in [6.07, 6.45) is 0. The Morgan fingerprint density at radius 2 is 2.24 bits per heavy atom. The van der Waals surface area contributed by atoms with Gasteiger partial charge in [-0.25, -0.2) is 0 Å². The maximum atomic E-state index is 12.2. The number of halogens is 1. The molecule has 1 aromatic carbocycles. The van der Waals surface area contributed by atoms with Gasteiger partial charge in [0.25, 0.3) is 5.91 Å². The van der Waals surface area contributed by atoms with Crippen LogP contribution in [0.5, 0.6) is 5.75 Å². The van der Waals surface area contributed by atoms with Crippen LogP contribution in [-0.2, 0) is 18.4 Å². The van der Waals surface area contributed by atoms with Crippen LogP contribution in [0.25, 0.3) is 0 Å². The molecule has 0 atom stereocenters. The van der Waals surface area contributed by atoms with Crippen LogP contribution >= 0.6 is 15.9 Å². The summed E-state index contributed by atoms with van der Waals surface area (Å²) in [7, 11) is 1.86. The normalized spacial score (nSPS) is 14.0. The van der Waals surface area contributed by atoms with E-state index in [0.29, 0.717) is 18.0 Å². The molecule has 21 heavy (non-hydrogen) atoms. The smallest absolute Gasteiger partial charge is 0.265 e. The summed E-state index contributed by atoms with van der Waals surface area (Å²) in [6, 6.07) is 5.30. The molecular formula is C14H15BrN4O2. The van der Waals surface area contributed by atoms with Gasteiger partial charge in [0.1, 0.15) is 5.75 Å². The number of hydrogen-bond acceptors (Lipinski definition) is 4. The maximum Gasteiger partial charge on any atom is 0.265 e. The molecule has 0 saturated heterocycles. The Labute approximate surface area is 130 Å². The van der Waals surface area contributed by atoms with E-state index in [2.05, 4.69) is 21.0 Å². The van der Waals surface area contributed by atoms with Crippen LogP contribution in [0.2, 0.25) is 0 Å². The van der Waals surface area contributed by atoms with Crippen LogP contribution in [0.3, 0.4) is 0 Å². The third-order valence-electron chi connectivity index (χ3n) is 3.50. The van der Waals surface area contributed by atoms with E-state index in [4.69, 9.17) is 10.5 Å².